The number of halogens is 1. The molecule has 0 spiro atoms. The van der Waals surface area contributed by atoms with E-state index in [4.69, 9.17) is 5.73 Å². The summed E-state index contributed by atoms with van der Waals surface area (Å²) in [5.74, 6) is 0.111. The van der Waals surface area contributed by atoms with Gasteiger partial charge in [0.15, 0.2) is 0 Å². The van der Waals surface area contributed by atoms with Crippen LogP contribution in [-0.4, -0.2) is 57.7 Å². The normalized spacial score (nSPS) is 18.3. The molecule has 0 unspecified atom stereocenters. The third-order valence-corrected chi connectivity index (χ3v) is 6.03. The summed E-state index contributed by atoms with van der Waals surface area (Å²) in [5.41, 5.74) is 9.89. The van der Waals surface area contributed by atoms with Gasteiger partial charge in [-0.1, -0.05) is 6.07 Å². The van der Waals surface area contributed by atoms with Crippen LogP contribution in [0.2, 0.25) is 0 Å². The molecule has 0 saturated carbocycles. The molecule has 4 rings (SSSR count). The lowest BCUT2D eigenvalue weighted by atomic mass is 10.0. The second-order valence-corrected chi connectivity index (χ2v) is 7.82. The molecule has 1 aromatic heterocycles. The third-order valence-electron chi connectivity index (χ3n) is 6.03. The molecule has 0 atom stereocenters. The standard InChI is InChI=1S/C21H29N5O.ClH/c1-15-20(16(2)26(23-15)19-7-5-6-17(22)14-19)21(27)25-12-8-18(9-13-25)24-10-3-4-11-24;/h5-7,14,18H,3-4,8-13,22H2,1-2H3;1H. The molecule has 3 heterocycles. The van der Waals surface area contributed by atoms with Gasteiger partial charge in [-0.2, -0.15) is 5.10 Å². The summed E-state index contributed by atoms with van der Waals surface area (Å²) in [6, 6.07) is 8.26. The molecule has 2 fully saturated rings. The van der Waals surface area contributed by atoms with Crippen LogP contribution in [0.15, 0.2) is 24.3 Å². The van der Waals surface area contributed by atoms with Gasteiger partial charge < -0.3 is 15.5 Å². The average Bonchev–Trinajstić information content (AvgIpc) is 3.30. The molecule has 2 N–H and O–H groups in total. The number of carbonyl (C=O) groups excluding carboxylic acids is 1. The van der Waals surface area contributed by atoms with Crippen molar-refractivity contribution < 1.29 is 4.79 Å². The van der Waals surface area contributed by atoms with Gasteiger partial charge in [0.05, 0.1) is 22.6 Å². The van der Waals surface area contributed by atoms with Crippen LogP contribution < -0.4 is 5.73 Å². The predicted octanol–water partition coefficient (Wildman–Crippen LogP) is 3.19. The van der Waals surface area contributed by atoms with E-state index < -0.39 is 0 Å². The number of nitrogens with two attached hydrogens (primary N) is 1. The van der Waals surface area contributed by atoms with Gasteiger partial charge in [-0.15, -0.1) is 12.4 Å². The summed E-state index contributed by atoms with van der Waals surface area (Å²) in [5, 5.41) is 4.62. The number of carbonyl (C=O) groups is 1. The van der Waals surface area contributed by atoms with Crippen LogP contribution in [0, 0.1) is 13.8 Å². The van der Waals surface area contributed by atoms with Crippen LogP contribution >= 0.6 is 12.4 Å². The Balaban J connectivity index is 0.00000225. The van der Waals surface area contributed by atoms with Crippen molar-refractivity contribution in [1.29, 1.82) is 0 Å². The van der Waals surface area contributed by atoms with Crippen molar-refractivity contribution in [2.45, 2.75) is 45.6 Å². The SMILES string of the molecule is Cc1nn(-c2cccc(N)c2)c(C)c1C(=O)N1CCC(N2CCCC2)CC1.Cl. The molecule has 2 saturated heterocycles. The molecule has 152 valence electrons. The number of aromatic nitrogens is 2. The second-order valence-electron chi connectivity index (χ2n) is 7.82. The molecule has 2 aliphatic heterocycles. The van der Waals surface area contributed by atoms with E-state index in [0.717, 1.165) is 48.6 Å². The maximum absolute atomic E-state index is 13.2. The van der Waals surface area contributed by atoms with E-state index in [1.165, 1.54) is 25.9 Å². The highest BCUT2D eigenvalue weighted by molar-refractivity contribution is 5.96. The first kappa shape index (κ1) is 20.7. The van der Waals surface area contributed by atoms with E-state index in [1.54, 1.807) is 0 Å². The van der Waals surface area contributed by atoms with E-state index in [-0.39, 0.29) is 18.3 Å². The second kappa shape index (κ2) is 8.53. The number of amides is 1. The van der Waals surface area contributed by atoms with E-state index in [0.29, 0.717) is 11.7 Å². The van der Waals surface area contributed by atoms with Crippen LogP contribution in [0.3, 0.4) is 0 Å². The van der Waals surface area contributed by atoms with Gasteiger partial charge in [-0.05, 0) is 70.8 Å². The minimum atomic E-state index is 0. The number of benzene rings is 1. The molecule has 0 aliphatic carbocycles. The Labute approximate surface area is 173 Å². The van der Waals surface area contributed by atoms with E-state index in [2.05, 4.69) is 10.00 Å². The quantitative estimate of drug-likeness (QED) is 0.799. The highest BCUT2D eigenvalue weighted by atomic mass is 35.5. The fourth-order valence-electron chi connectivity index (χ4n) is 4.56. The number of anilines is 1. The van der Waals surface area contributed by atoms with Crippen LogP contribution in [0.1, 0.15) is 47.4 Å². The summed E-state index contributed by atoms with van der Waals surface area (Å²) in [6.07, 6.45) is 4.79. The molecular formula is C21H30ClN5O. The molecule has 0 bridgehead atoms. The van der Waals surface area contributed by atoms with E-state index in [1.807, 2.05) is 47.7 Å². The number of piperidine rings is 1. The maximum atomic E-state index is 13.2. The molecule has 0 radical (unpaired) electrons. The molecule has 2 aliphatic rings. The topological polar surface area (TPSA) is 67.4 Å². The third kappa shape index (κ3) is 3.89. The zero-order valence-corrected chi connectivity index (χ0v) is 17.5. The van der Waals surface area contributed by atoms with Crippen LogP contribution in [0.25, 0.3) is 5.69 Å². The van der Waals surface area contributed by atoms with Gasteiger partial charge in [0.1, 0.15) is 0 Å². The maximum Gasteiger partial charge on any atom is 0.257 e. The molecule has 7 heteroatoms. The van der Waals surface area contributed by atoms with Crippen LogP contribution in [0.5, 0.6) is 0 Å². The number of aryl methyl sites for hydroxylation is 1. The van der Waals surface area contributed by atoms with Crippen molar-refractivity contribution in [2.24, 2.45) is 0 Å². The number of nitrogens with zero attached hydrogens (tertiary/aromatic N) is 4. The Kier molecular flexibility index (Phi) is 6.30. The molecule has 1 amide bonds. The summed E-state index contributed by atoms with van der Waals surface area (Å²) in [7, 11) is 0. The Hall–Kier alpha value is -2.05. The zero-order chi connectivity index (χ0) is 19.0. The fourth-order valence-corrected chi connectivity index (χ4v) is 4.56. The first-order chi connectivity index (χ1) is 13.0. The van der Waals surface area contributed by atoms with Gasteiger partial charge in [0.2, 0.25) is 0 Å². The number of hydrogen-bond acceptors (Lipinski definition) is 4. The predicted molar refractivity (Wildman–Crippen MR) is 114 cm³/mol. The monoisotopic (exact) mass is 403 g/mol. The molecule has 6 nitrogen and oxygen atoms in total. The van der Waals surface area contributed by atoms with Crippen molar-refractivity contribution in [3.05, 3.63) is 41.2 Å². The average molecular weight is 404 g/mol. The van der Waals surface area contributed by atoms with Gasteiger partial charge in [0, 0.05) is 24.8 Å². The largest absolute Gasteiger partial charge is 0.399 e. The van der Waals surface area contributed by atoms with E-state index in [9.17, 15) is 4.79 Å². The van der Waals surface area contributed by atoms with E-state index >= 15 is 0 Å². The number of likely N-dealkylation sites (tertiary alicyclic amines) is 2. The minimum absolute atomic E-state index is 0. The highest BCUT2D eigenvalue weighted by Crippen LogP contribution is 2.25. The minimum Gasteiger partial charge on any atom is -0.399 e. The Morgan fingerprint density at radius 3 is 2.43 bits per heavy atom. The van der Waals surface area contributed by atoms with Crippen molar-refractivity contribution >= 4 is 24.0 Å². The lowest BCUT2D eigenvalue weighted by molar-refractivity contribution is 0.0643. The first-order valence-electron chi connectivity index (χ1n) is 10.00. The van der Waals surface area contributed by atoms with Crippen molar-refractivity contribution in [3.63, 3.8) is 0 Å². The van der Waals surface area contributed by atoms with Gasteiger partial charge in [-0.3, -0.25) is 4.79 Å². The summed E-state index contributed by atoms with van der Waals surface area (Å²) in [4.78, 5) is 17.8. The van der Waals surface area contributed by atoms with Crippen molar-refractivity contribution in [2.75, 3.05) is 31.9 Å². The molecular weight excluding hydrogens is 374 g/mol. The highest BCUT2D eigenvalue weighted by Gasteiger charge is 2.30. The van der Waals surface area contributed by atoms with Crippen LogP contribution in [-0.2, 0) is 0 Å². The van der Waals surface area contributed by atoms with Crippen LogP contribution in [0.4, 0.5) is 5.69 Å². The van der Waals surface area contributed by atoms with Crippen molar-refractivity contribution in [1.82, 2.24) is 19.6 Å². The smallest absolute Gasteiger partial charge is 0.257 e. The van der Waals surface area contributed by atoms with Gasteiger partial charge in [-0.25, -0.2) is 4.68 Å². The Morgan fingerprint density at radius 1 is 1.11 bits per heavy atom. The lowest BCUT2D eigenvalue weighted by Gasteiger charge is -2.36. The molecule has 1 aromatic carbocycles. The van der Waals surface area contributed by atoms with Gasteiger partial charge in [0.25, 0.3) is 5.91 Å². The summed E-state index contributed by atoms with van der Waals surface area (Å²) < 4.78 is 1.83. The Morgan fingerprint density at radius 2 is 1.79 bits per heavy atom. The number of rotatable bonds is 3. The Bertz CT molecular complexity index is 835. The van der Waals surface area contributed by atoms with Crippen molar-refractivity contribution in [3.8, 4) is 5.69 Å². The fraction of sp³-hybridized carbons (Fsp3) is 0.524. The zero-order valence-electron chi connectivity index (χ0n) is 16.7. The van der Waals surface area contributed by atoms with Gasteiger partial charge >= 0.3 is 0 Å². The number of nitrogen functional groups attached to an aromatic ring is 1. The molecule has 2 aromatic rings. The molecule has 28 heavy (non-hydrogen) atoms. The lowest BCUT2D eigenvalue weighted by Crippen LogP contribution is -2.46. The number of hydrogen-bond donors (Lipinski definition) is 1. The first-order valence-corrected chi connectivity index (χ1v) is 10.00. The summed E-state index contributed by atoms with van der Waals surface area (Å²) in [6.45, 7) is 8.01. The summed E-state index contributed by atoms with van der Waals surface area (Å²) >= 11 is 0.